The average Bonchev–Trinajstić information content (AvgIpc) is 2.82. The topological polar surface area (TPSA) is 81.7 Å². The van der Waals surface area contributed by atoms with Gasteiger partial charge in [-0.3, -0.25) is 9.59 Å². The van der Waals surface area contributed by atoms with E-state index in [1.165, 1.54) is 6.07 Å². The van der Waals surface area contributed by atoms with Crippen molar-refractivity contribution in [1.82, 2.24) is 10.6 Å². The van der Waals surface area contributed by atoms with Crippen LogP contribution >= 0.6 is 0 Å². The third kappa shape index (κ3) is 5.87. The van der Waals surface area contributed by atoms with Gasteiger partial charge in [-0.05, 0) is 46.9 Å². The summed E-state index contributed by atoms with van der Waals surface area (Å²) in [6.45, 7) is 1.27. The smallest absolute Gasteiger partial charge is 0.239 e. The number of halogens is 1. The fraction of sp³-hybridized carbons (Fsp3) is 0.308. The molecule has 3 aromatic rings. The molecule has 0 unspecified atom stereocenters. The Bertz CT molecular complexity index is 1140. The van der Waals surface area contributed by atoms with Gasteiger partial charge in [0, 0.05) is 19.6 Å². The number of rotatable bonds is 7. The monoisotopic (exact) mass is 449 g/mol. The van der Waals surface area contributed by atoms with E-state index in [1.54, 1.807) is 12.1 Å². The van der Waals surface area contributed by atoms with Crippen LogP contribution in [0.2, 0.25) is 0 Å². The molecule has 3 N–H and O–H groups in total. The van der Waals surface area contributed by atoms with Crippen LogP contribution in [0.1, 0.15) is 24.0 Å². The number of hydrogen-bond donors (Lipinski definition) is 3. The Kier molecular flexibility index (Phi) is 7.19. The number of aliphatic hydroxyl groups excluding tert-OH is 1. The van der Waals surface area contributed by atoms with Crippen molar-refractivity contribution in [2.45, 2.75) is 31.9 Å². The quantitative estimate of drug-likeness (QED) is 0.518. The van der Waals surface area contributed by atoms with Crippen molar-refractivity contribution in [3.8, 4) is 0 Å². The molecule has 1 fully saturated rings. The van der Waals surface area contributed by atoms with E-state index in [-0.39, 0.29) is 43.2 Å². The van der Waals surface area contributed by atoms with Gasteiger partial charge in [0.25, 0.3) is 0 Å². The summed E-state index contributed by atoms with van der Waals surface area (Å²) in [5.74, 6) is -0.916. The number of nitrogens with one attached hydrogen (secondary N) is 2. The van der Waals surface area contributed by atoms with Crippen LogP contribution in [-0.4, -0.2) is 42.7 Å². The first-order valence-corrected chi connectivity index (χ1v) is 11.2. The molecule has 6 nitrogen and oxygen atoms in total. The number of fused-ring (bicyclic) bond motifs is 1. The van der Waals surface area contributed by atoms with Crippen LogP contribution in [-0.2, 0) is 22.6 Å². The summed E-state index contributed by atoms with van der Waals surface area (Å²) < 4.78 is 14.6. The summed E-state index contributed by atoms with van der Waals surface area (Å²) in [5.41, 5.74) is 2.06. The van der Waals surface area contributed by atoms with Crippen molar-refractivity contribution in [2.75, 3.05) is 24.5 Å². The predicted molar refractivity (Wildman–Crippen MR) is 126 cm³/mol. The van der Waals surface area contributed by atoms with Crippen LogP contribution in [0.25, 0.3) is 10.8 Å². The molecule has 1 heterocycles. The van der Waals surface area contributed by atoms with Crippen molar-refractivity contribution in [3.63, 3.8) is 0 Å². The second-order valence-electron chi connectivity index (χ2n) is 8.37. The summed E-state index contributed by atoms with van der Waals surface area (Å²) in [5, 5.41) is 17.1. The zero-order chi connectivity index (χ0) is 23.2. The lowest BCUT2D eigenvalue weighted by atomic mass is 10.0. The van der Waals surface area contributed by atoms with Crippen LogP contribution in [0.5, 0.6) is 0 Å². The van der Waals surface area contributed by atoms with Crippen molar-refractivity contribution >= 4 is 28.3 Å². The van der Waals surface area contributed by atoms with E-state index in [2.05, 4.69) is 10.6 Å². The molecule has 33 heavy (non-hydrogen) atoms. The highest BCUT2D eigenvalue weighted by Crippen LogP contribution is 2.24. The second kappa shape index (κ2) is 10.4. The standard InChI is InChI=1S/C26H28FN3O3/c27-23-14-18(8-9-24(23)30-12-10-21(31)11-13-30)16-28-26(33)17-29-25(32)15-20-6-3-5-19-4-1-2-7-22(19)20/h1-9,14,21,31H,10-13,15-17H2,(H,28,33)(H,29,32). The molecule has 0 spiro atoms. The largest absolute Gasteiger partial charge is 0.393 e. The number of hydrogen-bond acceptors (Lipinski definition) is 4. The van der Waals surface area contributed by atoms with E-state index >= 15 is 0 Å². The lowest BCUT2D eigenvalue weighted by Gasteiger charge is -2.31. The van der Waals surface area contributed by atoms with E-state index in [0.717, 1.165) is 16.3 Å². The highest BCUT2D eigenvalue weighted by Gasteiger charge is 2.19. The molecule has 1 saturated heterocycles. The summed E-state index contributed by atoms with van der Waals surface area (Å²) in [6.07, 6.45) is 1.13. The van der Waals surface area contributed by atoms with E-state index < -0.39 is 0 Å². The molecule has 172 valence electrons. The van der Waals surface area contributed by atoms with Gasteiger partial charge in [-0.15, -0.1) is 0 Å². The molecule has 0 bridgehead atoms. The Morgan fingerprint density at radius 2 is 1.73 bits per heavy atom. The summed E-state index contributed by atoms with van der Waals surface area (Å²) >= 11 is 0. The third-order valence-corrected chi connectivity index (χ3v) is 5.98. The van der Waals surface area contributed by atoms with Gasteiger partial charge < -0.3 is 20.6 Å². The van der Waals surface area contributed by atoms with Gasteiger partial charge in [-0.25, -0.2) is 4.39 Å². The molecule has 3 aromatic carbocycles. The van der Waals surface area contributed by atoms with Crippen molar-refractivity contribution < 1.29 is 19.1 Å². The number of anilines is 1. The SMILES string of the molecule is O=C(CNC(=O)Cc1cccc2ccccc12)NCc1ccc(N2CCC(O)CC2)c(F)c1. The van der Waals surface area contributed by atoms with Crippen molar-refractivity contribution in [3.05, 3.63) is 77.6 Å². The van der Waals surface area contributed by atoms with E-state index in [9.17, 15) is 19.1 Å². The first-order chi connectivity index (χ1) is 16.0. The van der Waals surface area contributed by atoms with Crippen LogP contribution in [0.15, 0.2) is 60.7 Å². The van der Waals surface area contributed by atoms with E-state index in [4.69, 9.17) is 0 Å². The zero-order valence-corrected chi connectivity index (χ0v) is 18.4. The maximum atomic E-state index is 14.6. The number of nitrogens with zero attached hydrogens (tertiary/aromatic N) is 1. The zero-order valence-electron chi connectivity index (χ0n) is 18.4. The maximum Gasteiger partial charge on any atom is 0.239 e. The summed E-state index contributed by atoms with van der Waals surface area (Å²) in [7, 11) is 0. The van der Waals surface area contributed by atoms with Crippen LogP contribution in [0, 0.1) is 5.82 Å². The molecule has 2 amide bonds. The number of carbonyl (C=O) groups excluding carboxylic acids is 2. The van der Waals surface area contributed by atoms with Crippen molar-refractivity contribution in [1.29, 1.82) is 0 Å². The molecule has 0 saturated carbocycles. The highest BCUT2D eigenvalue weighted by atomic mass is 19.1. The van der Waals surface area contributed by atoms with Gasteiger partial charge in [0.2, 0.25) is 11.8 Å². The van der Waals surface area contributed by atoms with Crippen LogP contribution < -0.4 is 15.5 Å². The number of amides is 2. The first-order valence-electron chi connectivity index (χ1n) is 11.2. The Balaban J connectivity index is 1.24. The Labute approximate surface area is 192 Å². The maximum absolute atomic E-state index is 14.6. The van der Waals surface area contributed by atoms with Gasteiger partial charge >= 0.3 is 0 Å². The van der Waals surface area contributed by atoms with Crippen molar-refractivity contribution in [2.24, 2.45) is 0 Å². The van der Waals surface area contributed by atoms with Gasteiger partial charge in [-0.1, -0.05) is 48.5 Å². The lowest BCUT2D eigenvalue weighted by Crippen LogP contribution is -2.37. The molecule has 0 atom stereocenters. The molecule has 7 heteroatoms. The summed E-state index contributed by atoms with van der Waals surface area (Å²) in [4.78, 5) is 26.4. The Morgan fingerprint density at radius 3 is 2.52 bits per heavy atom. The minimum Gasteiger partial charge on any atom is -0.393 e. The molecule has 0 radical (unpaired) electrons. The highest BCUT2D eigenvalue weighted by molar-refractivity contribution is 5.91. The van der Waals surface area contributed by atoms with Gasteiger partial charge in [0.05, 0.1) is 24.8 Å². The summed E-state index contributed by atoms with van der Waals surface area (Å²) in [6, 6.07) is 18.6. The third-order valence-electron chi connectivity index (χ3n) is 5.98. The van der Waals surface area contributed by atoms with Gasteiger partial charge in [0.15, 0.2) is 0 Å². The van der Waals surface area contributed by atoms with Gasteiger partial charge in [-0.2, -0.15) is 0 Å². The minimum atomic E-state index is -0.346. The first kappa shape index (κ1) is 22.7. The number of piperidine rings is 1. The molecule has 0 aromatic heterocycles. The number of carbonyl (C=O) groups is 2. The molecule has 1 aliphatic heterocycles. The van der Waals surface area contributed by atoms with Crippen LogP contribution in [0.4, 0.5) is 10.1 Å². The normalized spacial score (nSPS) is 14.3. The fourth-order valence-electron chi connectivity index (χ4n) is 4.15. The molecular formula is C26H28FN3O3. The van der Waals surface area contributed by atoms with Crippen LogP contribution in [0.3, 0.4) is 0 Å². The molecule has 4 rings (SSSR count). The predicted octanol–water partition coefficient (Wildman–Crippen LogP) is 2.92. The lowest BCUT2D eigenvalue weighted by molar-refractivity contribution is -0.125. The molecule has 0 aliphatic carbocycles. The Morgan fingerprint density at radius 1 is 0.970 bits per heavy atom. The molecule has 1 aliphatic rings. The van der Waals surface area contributed by atoms with E-state index in [1.807, 2.05) is 47.4 Å². The van der Waals surface area contributed by atoms with Gasteiger partial charge in [0.1, 0.15) is 5.82 Å². The molecular weight excluding hydrogens is 421 g/mol. The average molecular weight is 450 g/mol. The minimum absolute atomic E-state index is 0.139. The number of aliphatic hydroxyl groups is 1. The van der Waals surface area contributed by atoms with E-state index in [0.29, 0.717) is 37.2 Å². The fourth-order valence-corrected chi connectivity index (χ4v) is 4.15. The number of benzene rings is 3. The second-order valence-corrected chi connectivity index (χ2v) is 8.37. The Hall–Kier alpha value is -3.45.